The van der Waals surface area contributed by atoms with Gasteiger partial charge in [0.2, 0.25) is 0 Å². The van der Waals surface area contributed by atoms with E-state index in [0.29, 0.717) is 11.5 Å². The zero-order chi connectivity index (χ0) is 25.4. The molecule has 0 bridgehead atoms. The summed E-state index contributed by atoms with van der Waals surface area (Å²) >= 11 is 0. The average Bonchev–Trinajstić information content (AvgIpc) is 3.29. The van der Waals surface area contributed by atoms with Crippen LogP contribution in [-0.4, -0.2) is 14.5 Å². The van der Waals surface area contributed by atoms with E-state index in [1.165, 1.54) is 12.1 Å². The number of fused-ring (bicyclic) bond motifs is 1. The molecule has 0 unspecified atom stereocenters. The Kier molecular flexibility index (Phi) is 7.02. The van der Waals surface area contributed by atoms with Gasteiger partial charge in [-0.3, -0.25) is 10.1 Å². The van der Waals surface area contributed by atoms with Crippen molar-refractivity contribution in [2.45, 2.75) is 0 Å². The number of aromatic nitrogens is 3. The Morgan fingerprint density at radius 2 is 1.18 bits per heavy atom. The first kappa shape index (κ1) is 25.3. The van der Waals surface area contributed by atoms with Crippen molar-refractivity contribution in [2.24, 2.45) is 7.05 Å². The van der Waals surface area contributed by atoms with Crippen LogP contribution >= 0.6 is 0 Å². The highest BCUT2D eigenvalue weighted by molar-refractivity contribution is 5.80. The van der Waals surface area contributed by atoms with Crippen molar-refractivity contribution in [3.63, 3.8) is 0 Å². The first-order chi connectivity index (χ1) is 18.1. The highest BCUT2D eigenvalue weighted by Crippen LogP contribution is 2.31. The number of aryl methyl sites for hydroxylation is 1. The lowest BCUT2D eigenvalue weighted by Gasteiger charge is -2.16. The maximum absolute atomic E-state index is 11.4. The van der Waals surface area contributed by atoms with Crippen LogP contribution in [0.4, 0.5) is 5.69 Å². The summed E-state index contributed by atoms with van der Waals surface area (Å²) in [5, 5.41) is 11.4. The Labute approximate surface area is 237 Å². The number of non-ortho nitro benzene ring substituents is 1. The molecule has 4 aromatic carbocycles. The van der Waals surface area contributed by atoms with E-state index in [9.17, 15) is 10.1 Å². The molecule has 6 rings (SSSR count). The van der Waals surface area contributed by atoms with E-state index >= 15 is 0 Å². The summed E-state index contributed by atoms with van der Waals surface area (Å²) in [5.74, 6) is 0.674. The van der Waals surface area contributed by atoms with Gasteiger partial charge >= 0.3 is 5.95 Å². The number of nitrogens with zero attached hydrogens (tertiary/aromatic N) is 4. The number of halogens is 1. The zero-order valence-electron chi connectivity index (χ0n) is 20.5. The summed E-state index contributed by atoms with van der Waals surface area (Å²) in [5.41, 5.74) is 7.62. The minimum atomic E-state index is -0.389. The number of benzene rings is 4. The lowest BCUT2D eigenvalue weighted by atomic mass is 9.99. The van der Waals surface area contributed by atoms with E-state index in [0.717, 1.165) is 39.2 Å². The van der Waals surface area contributed by atoms with Gasteiger partial charge in [-0.2, -0.15) is 4.57 Å². The van der Waals surface area contributed by atoms with Crippen molar-refractivity contribution in [1.29, 1.82) is 0 Å². The topological polar surface area (TPSA) is 64.8 Å². The largest absolute Gasteiger partial charge is 1.00 e. The molecule has 2 heterocycles. The van der Waals surface area contributed by atoms with Crippen LogP contribution in [0.1, 0.15) is 0 Å². The highest BCUT2D eigenvalue weighted by atomic mass is 127. The Bertz CT molecular complexity index is 1690. The molecule has 0 N–H and O–H groups in total. The van der Waals surface area contributed by atoms with Crippen molar-refractivity contribution >= 4 is 16.7 Å². The van der Waals surface area contributed by atoms with Gasteiger partial charge in [0.05, 0.1) is 18.0 Å². The smallest absolute Gasteiger partial charge is 0.405 e. The minimum absolute atomic E-state index is 0. The van der Waals surface area contributed by atoms with E-state index in [4.69, 9.17) is 4.98 Å². The number of rotatable bonds is 5. The van der Waals surface area contributed by atoms with Gasteiger partial charge in [-0.25, -0.2) is 4.57 Å². The van der Waals surface area contributed by atoms with Gasteiger partial charge in [0.15, 0.2) is 5.52 Å². The molecule has 0 saturated heterocycles. The van der Waals surface area contributed by atoms with Gasteiger partial charge in [-0.15, -0.1) is 0 Å². The predicted octanol–water partition coefficient (Wildman–Crippen LogP) is 3.76. The molecule has 6 aromatic rings. The fourth-order valence-electron chi connectivity index (χ4n) is 4.74. The van der Waals surface area contributed by atoms with Crippen molar-refractivity contribution in [3.8, 4) is 39.6 Å². The third kappa shape index (κ3) is 4.56. The third-order valence-corrected chi connectivity index (χ3v) is 6.56. The second kappa shape index (κ2) is 10.5. The SMILES string of the molecule is Cn1c(-[n+]2c(-c3ccccc3)cc(-c3ccccc3)cc2-c2ccccc2)nc2cc([N+](=O)[O-])ccc21.[I-]. The van der Waals surface area contributed by atoms with Crippen LogP contribution in [0.5, 0.6) is 0 Å². The second-order valence-electron chi connectivity index (χ2n) is 8.85. The summed E-state index contributed by atoms with van der Waals surface area (Å²) in [6, 6.07) is 39.9. The molecule has 0 atom stereocenters. The van der Waals surface area contributed by atoms with Crippen LogP contribution in [0.3, 0.4) is 0 Å². The Balaban J connectivity index is 0.00000294. The zero-order valence-corrected chi connectivity index (χ0v) is 22.7. The Morgan fingerprint density at radius 1 is 0.684 bits per heavy atom. The van der Waals surface area contributed by atoms with Gasteiger partial charge in [-0.1, -0.05) is 96.0 Å². The quantitative estimate of drug-likeness (QED) is 0.129. The molecule has 0 amide bonds. The third-order valence-electron chi connectivity index (χ3n) is 6.56. The summed E-state index contributed by atoms with van der Waals surface area (Å²) in [4.78, 5) is 16.0. The number of hydrogen-bond donors (Lipinski definition) is 0. The first-order valence-electron chi connectivity index (χ1n) is 12.0. The molecule has 186 valence electrons. The lowest BCUT2D eigenvalue weighted by Crippen LogP contribution is -3.00. The van der Waals surface area contributed by atoms with Crippen LogP contribution in [0, 0.1) is 10.1 Å². The molecule has 7 heteroatoms. The molecule has 0 aliphatic rings. The van der Waals surface area contributed by atoms with Gasteiger partial charge < -0.3 is 24.0 Å². The van der Waals surface area contributed by atoms with E-state index in [1.807, 2.05) is 66.2 Å². The number of pyridine rings is 1. The van der Waals surface area contributed by atoms with Gasteiger partial charge in [0.1, 0.15) is 16.9 Å². The van der Waals surface area contributed by atoms with Crippen LogP contribution in [0.2, 0.25) is 0 Å². The normalized spacial score (nSPS) is 10.8. The van der Waals surface area contributed by atoms with Crippen molar-refractivity contribution in [2.75, 3.05) is 0 Å². The van der Waals surface area contributed by atoms with Crippen LogP contribution in [0.25, 0.3) is 50.6 Å². The molecular weight excluding hydrogens is 587 g/mol. The molecule has 2 aromatic heterocycles. The van der Waals surface area contributed by atoms with E-state index < -0.39 is 0 Å². The van der Waals surface area contributed by atoms with E-state index in [-0.39, 0.29) is 34.6 Å². The molecule has 6 nitrogen and oxygen atoms in total. The maximum Gasteiger partial charge on any atom is 0.405 e. The fourth-order valence-corrected chi connectivity index (χ4v) is 4.74. The number of nitro groups is 1. The highest BCUT2D eigenvalue weighted by Gasteiger charge is 2.27. The standard InChI is InChI=1S/C31H23N4O2.HI/c1-33-28-18-17-26(35(36)37)21-27(28)32-31(33)34-29(23-13-7-3-8-14-23)19-25(22-11-5-2-6-12-22)20-30(34)24-15-9-4-10-16-24;/h2-21H,1H3;1H/q+1;/p-1. The molecular formula is C31H23IN4O2. The van der Waals surface area contributed by atoms with Gasteiger partial charge in [0, 0.05) is 17.2 Å². The molecule has 0 fully saturated rings. The average molecular weight is 610 g/mol. The van der Waals surface area contributed by atoms with Gasteiger partial charge in [0.25, 0.3) is 5.69 Å². The minimum Gasteiger partial charge on any atom is -1.00 e. The molecule has 0 spiro atoms. The van der Waals surface area contributed by atoms with Crippen molar-refractivity contribution in [3.05, 3.63) is 131 Å². The van der Waals surface area contributed by atoms with Gasteiger partial charge in [-0.05, 0) is 29.3 Å². The number of nitro benzene ring substituents is 1. The molecule has 0 aliphatic carbocycles. The first-order valence-corrected chi connectivity index (χ1v) is 12.0. The van der Waals surface area contributed by atoms with E-state index in [1.54, 1.807) is 6.07 Å². The van der Waals surface area contributed by atoms with Crippen LogP contribution < -0.4 is 28.5 Å². The fraction of sp³-hybridized carbons (Fsp3) is 0.0323. The maximum atomic E-state index is 11.4. The van der Waals surface area contributed by atoms with Crippen LogP contribution in [-0.2, 0) is 7.05 Å². The van der Waals surface area contributed by atoms with Crippen molar-refractivity contribution < 1.29 is 33.5 Å². The molecule has 0 aliphatic heterocycles. The summed E-state index contributed by atoms with van der Waals surface area (Å²) < 4.78 is 4.13. The number of hydrogen-bond acceptors (Lipinski definition) is 3. The Hall–Kier alpha value is -4.37. The predicted molar refractivity (Wildman–Crippen MR) is 145 cm³/mol. The van der Waals surface area contributed by atoms with Crippen LogP contribution in [0.15, 0.2) is 121 Å². The lowest BCUT2D eigenvalue weighted by molar-refractivity contribution is -0.581. The molecule has 38 heavy (non-hydrogen) atoms. The van der Waals surface area contributed by atoms with Crippen molar-refractivity contribution in [1.82, 2.24) is 9.55 Å². The summed E-state index contributed by atoms with van der Waals surface area (Å²) in [6.07, 6.45) is 0. The summed E-state index contributed by atoms with van der Waals surface area (Å²) in [6.45, 7) is 0. The Morgan fingerprint density at radius 3 is 1.68 bits per heavy atom. The van der Waals surface area contributed by atoms with E-state index in [2.05, 4.69) is 53.1 Å². The summed E-state index contributed by atoms with van der Waals surface area (Å²) in [7, 11) is 1.94. The second-order valence-corrected chi connectivity index (χ2v) is 8.85. The molecule has 0 saturated carbocycles. The molecule has 0 radical (unpaired) electrons. The number of imidazole rings is 1. The monoisotopic (exact) mass is 610 g/mol.